The summed E-state index contributed by atoms with van der Waals surface area (Å²) in [7, 11) is 0. The van der Waals surface area contributed by atoms with Gasteiger partial charge in [0.15, 0.2) is 11.0 Å². The van der Waals surface area contributed by atoms with Gasteiger partial charge in [-0.1, -0.05) is 24.9 Å². The summed E-state index contributed by atoms with van der Waals surface area (Å²) in [6.07, 6.45) is 6.21. The monoisotopic (exact) mass is 267 g/mol. The molecule has 1 saturated heterocycles. The van der Waals surface area contributed by atoms with Crippen molar-refractivity contribution in [3.05, 3.63) is 16.5 Å². The van der Waals surface area contributed by atoms with Gasteiger partial charge in [0.1, 0.15) is 0 Å². The van der Waals surface area contributed by atoms with E-state index in [0.29, 0.717) is 11.2 Å². The van der Waals surface area contributed by atoms with Crippen molar-refractivity contribution in [2.45, 2.75) is 58.9 Å². The summed E-state index contributed by atoms with van der Waals surface area (Å²) in [4.78, 5) is 11.4. The van der Waals surface area contributed by atoms with E-state index in [0.717, 1.165) is 23.8 Å². The van der Waals surface area contributed by atoms with Gasteiger partial charge in [0.25, 0.3) is 0 Å². The fourth-order valence-electron chi connectivity index (χ4n) is 2.66. The highest BCUT2D eigenvalue weighted by molar-refractivity contribution is 6.31. The highest BCUT2D eigenvalue weighted by Gasteiger charge is 2.25. The molecule has 1 atom stereocenters. The van der Waals surface area contributed by atoms with Crippen molar-refractivity contribution < 1.29 is 0 Å². The van der Waals surface area contributed by atoms with Crippen LogP contribution >= 0.6 is 11.6 Å². The van der Waals surface area contributed by atoms with E-state index in [1.807, 2.05) is 13.8 Å². The lowest BCUT2D eigenvalue weighted by molar-refractivity contribution is 0.431. The van der Waals surface area contributed by atoms with Crippen LogP contribution < -0.4 is 4.90 Å². The quantitative estimate of drug-likeness (QED) is 0.832. The lowest BCUT2D eigenvalue weighted by Gasteiger charge is -2.37. The van der Waals surface area contributed by atoms with Gasteiger partial charge in [0.2, 0.25) is 0 Å². The maximum absolute atomic E-state index is 6.29. The van der Waals surface area contributed by atoms with Crippen molar-refractivity contribution in [1.82, 2.24) is 9.97 Å². The second-order valence-electron chi connectivity index (χ2n) is 5.14. The molecule has 0 saturated carbocycles. The topological polar surface area (TPSA) is 29.0 Å². The van der Waals surface area contributed by atoms with E-state index >= 15 is 0 Å². The Hall–Kier alpha value is -0.830. The second-order valence-corrected chi connectivity index (χ2v) is 5.50. The lowest BCUT2D eigenvalue weighted by Crippen LogP contribution is -2.40. The summed E-state index contributed by atoms with van der Waals surface area (Å²) in [6, 6.07) is 0.581. The van der Waals surface area contributed by atoms with Crippen molar-refractivity contribution in [2.75, 3.05) is 11.4 Å². The first-order valence-electron chi connectivity index (χ1n) is 6.91. The third kappa shape index (κ3) is 2.77. The van der Waals surface area contributed by atoms with Gasteiger partial charge in [0, 0.05) is 12.6 Å². The standard InChI is InChI=1S/C14H22ClN3/c1-4-7-12-8-5-6-9-18(12)14-13(15)16-10(2)11(3)17-14/h12H,4-9H2,1-3H3. The molecule has 0 amide bonds. The lowest BCUT2D eigenvalue weighted by atomic mass is 9.98. The minimum atomic E-state index is 0.557. The van der Waals surface area contributed by atoms with Crippen LogP contribution in [-0.4, -0.2) is 22.6 Å². The van der Waals surface area contributed by atoms with Crippen LogP contribution in [0.25, 0.3) is 0 Å². The van der Waals surface area contributed by atoms with E-state index < -0.39 is 0 Å². The molecule has 2 rings (SSSR count). The van der Waals surface area contributed by atoms with Gasteiger partial charge in [-0.2, -0.15) is 0 Å². The van der Waals surface area contributed by atoms with Crippen LogP contribution in [-0.2, 0) is 0 Å². The molecule has 0 spiro atoms. The Morgan fingerprint density at radius 3 is 2.67 bits per heavy atom. The number of halogens is 1. The van der Waals surface area contributed by atoms with E-state index in [2.05, 4.69) is 21.8 Å². The molecule has 1 fully saturated rings. The molecule has 4 heteroatoms. The molecular weight excluding hydrogens is 246 g/mol. The number of aromatic nitrogens is 2. The van der Waals surface area contributed by atoms with Gasteiger partial charge >= 0.3 is 0 Å². The minimum absolute atomic E-state index is 0.557. The molecule has 18 heavy (non-hydrogen) atoms. The summed E-state index contributed by atoms with van der Waals surface area (Å²) in [6.45, 7) is 7.25. The Balaban J connectivity index is 2.30. The zero-order valence-corrected chi connectivity index (χ0v) is 12.3. The van der Waals surface area contributed by atoms with Crippen molar-refractivity contribution in [1.29, 1.82) is 0 Å². The minimum Gasteiger partial charge on any atom is -0.351 e. The third-order valence-electron chi connectivity index (χ3n) is 3.77. The number of piperidine rings is 1. The molecule has 0 bridgehead atoms. The molecule has 1 aliphatic rings. The van der Waals surface area contributed by atoms with Gasteiger partial charge in [-0.15, -0.1) is 0 Å². The molecule has 1 aromatic heterocycles. The molecule has 3 nitrogen and oxygen atoms in total. The molecule has 0 aliphatic carbocycles. The number of anilines is 1. The van der Waals surface area contributed by atoms with Gasteiger partial charge < -0.3 is 4.90 Å². The van der Waals surface area contributed by atoms with Crippen LogP contribution in [0.2, 0.25) is 5.15 Å². The van der Waals surface area contributed by atoms with Crippen molar-refractivity contribution in [3.8, 4) is 0 Å². The van der Waals surface area contributed by atoms with Crippen LogP contribution in [0.4, 0.5) is 5.82 Å². The number of hydrogen-bond donors (Lipinski definition) is 0. The average Bonchev–Trinajstić information content (AvgIpc) is 2.35. The fourth-order valence-corrected chi connectivity index (χ4v) is 2.94. The Bertz CT molecular complexity index is 418. The number of aryl methyl sites for hydroxylation is 2. The maximum atomic E-state index is 6.29. The smallest absolute Gasteiger partial charge is 0.171 e. The van der Waals surface area contributed by atoms with Crippen molar-refractivity contribution in [2.24, 2.45) is 0 Å². The highest BCUT2D eigenvalue weighted by Crippen LogP contribution is 2.30. The second kappa shape index (κ2) is 5.87. The van der Waals surface area contributed by atoms with Crippen LogP contribution in [0.1, 0.15) is 50.4 Å². The van der Waals surface area contributed by atoms with E-state index in [1.54, 1.807) is 0 Å². The molecule has 1 aliphatic heterocycles. The first-order chi connectivity index (χ1) is 8.63. The molecule has 0 radical (unpaired) electrons. The third-order valence-corrected chi connectivity index (χ3v) is 4.02. The van der Waals surface area contributed by atoms with Crippen molar-refractivity contribution >= 4 is 17.4 Å². The van der Waals surface area contributed by atoms with Gasteiger partial charge in [0.05, 0.1) is 11.4 Å². The average molecular weight is 268 g/mol. The Morgan fingerprint density at radius 2 is 1.94 bits per heavy atom. The summed E-state index contributed by atoms with van der Waals surface area (Å²) in [5.74, 6) is 0.887. The number of nitrogens with zero attached hydrogens (tertiary/aromatic N) is 3. The van der Waals surface area contributed by atoms with Gasteiger partial charge in [-0.25, -0.2) is 9.97 Å². The first-order valence-corrected chi connectivity index (χ1v) is 7.28. The molecule has 0 aromatic carbocycles. The molecule has 100 valence electrons. The SMILES string of the molecule is CCCC1CCCCN1c1nc(C)c(C)nc1Cl. The molecular formula is C14H22ClN3. The van der Waals surface area contributed by atoms with Crippen LogP contribution in [0.5, 0.6) is 0 Å². The maximum Gasteiger partial charge on any atom is 0.171 e. The summed E-state index contributed by atoms with van der Waals surface area (Å²) in [5.41, 5.74) is 1.91. The fraction of sp³-hybridized carbons (Fsp3) is 0.714. The Labute approximate surface area is 115 Å². The predicted octanol–water partition coefficient (Wildman–Crippen LogP) is 3.91. The first kappa shape index (κ1) is 13.6. The van der Waals surface area contributed by atoms with E-state index in [4.69, 9.17) is 11.6 Å². The predicted molar refractivity (Wildman–Crippen MR) is 76.4 cm³/mol. The van der Waals surface area contributed by atoms with Gasteiger partial charge in [-0.05, 0) is 39.5 Å². The summed E-state index contributed by atoms with van der Waals surface area (Å²) in [5, 5.41) is 0.557. The van der Waals surface area contributed by atoms with E-state index in [-0.39, 0.29) is 0 Å². The molecule has 0 N–H and O–H groups in total. The number of hydrogen-bond acceptors (Lipinski definition) is 3. The Morgan fingerprint density at radius 1 is 1.22 bits per heavy atom. The summed E-state index contributed by atoms with van der Waals surface area (Å²) < 4.78 is 0. The summed E-state index contributed by atoms with van der Waals surface area (Å²) >= 11 is 6.29. The van der Waals surface area contributed by atoms with Crippen LogP contribution in [0.15, 0.2) is 0 Å². The molecule has 1 aromatic rings. The largest absolute Gasteiger partial charge is 0.351 e. The normalized spacial score (nSPS) is 20.2. The van der Waals surface area contributed by atoms with Gasteiger partial charge in [-0.3, -0.25) is 0 Å². The zero-order valence-electron chi connectivity index (χ0n) is 11.5. The number of rotatable bonds is 3. The zero-order chi connectivity index (χ0) is 13.1. The Kier molecular flexibility index (Phi) is 4.44. The van der Waals surface area contributed by atoms with Crippen molar-refractivity contribution in [3.63, 3.8) is 0 Å². The highest BCUT2D eigenvalue weighted by atomic mass is 35.5. The van der Waals surface area contributed by atoms with E-state index in [9.17, 15) is 0 Å². The van der Waals surface area contributed by atoms with Crippen LogP contribution in [0, 0.1) is 13.8 Å². The molecule has 1 unspecified atom stereocenters. The van der Waals surface area contributed by atoms with Crippen LogP contribution in [0.3, 0.4) is 0 Å². The van der Waals surface area contributed by atoms with E-state index in [1.165, 1.54) is 32.1 Å². The molecule has 2 heterocycles.